The van der Waals surface area contributed by atoms with E-state index in [0.717, 1.165) is 12.1 Å². The molecule has 0 saturated carbocycles. The highest BCUT2D eigenvalue weighted by Gasteiger charge is 2.31. The molecule has 0 aliphatic heterocycles. The number of rotatable bonds is 4. The van der Waals surface area contributed by atoms with Gasteiger partial charge in [0.25, 0.3) is 5.91 Å². The van der Waals surface area contributed by atoms with Gasteiger partial charge in [-0.3, -0.25) is 19.5 Å². The predicted octanol–water partition coefficient (Wildman–Crippen LogP) is 6.25. The number of amides is 1. The van der Waals surface area contributed by atoms with Gasteiger partial charge in [0, 0.05) is 17.3 Å². The smallest absolute Gasteiger partial charge is 0.416 e. The summed E-state index contributed by atoms with van der Waals surface area (Å²) in [5, 5.41) is 2.62. The standard InChI is InChI=1S/C26H22F3N3O3/c1-25(2,3)23(34)35-19-12-13-21-20(15-19)30-24(32(21)18-10-5-4-6-11-18)31-22(33)16-8-7-9-17(14-16)26(27,28)29/h4-15H,1-3H3,(H,30,31,33). The number of ether oxygens (including phenoxy) is 1. The van der Waals surface area contributed by atoms with Crippen molar-refractivity contribution in [1.29, 1.82) is 0 Å². The van der Waals surface area contributed by atoms with Crippen LogP contribution in [0.2, 0.25) is 0 Å². The zero-order valence-corrected chi connectivity index (χ0v) is 19.2. The molecule has 4 rings (SSSR count). The summed E-state index contributed by atoms with van der Waals surface area (Å²) < 4.78 is 46.4. The van der Waals surface area contributed by atoms with Crippen LogP contribution in [0.25, 0.3) is 16.7 Å². The van der Waals surface area contributed by atoms with Gasteiger partial charge in [-0.1, -0.05) is 24.3 Å². The molecule has 1 N–H and O–H groups in total. The molecule has 35 heavy (non-hydrogen) atoms. The molecule has 1 heterocycles. The molecule has 4 aromatic rings. The van der Waals surface area contributed by atoms with Crippen LogP contribution in [0.15, 0.2) is 72.8 Å². The molecule has 1 aromatic heterocycles. The molecule has 6 nitrogen and oxygen atoms in total. The lowest BCUT2D eigenvalue weighted by Crippen LogP contribution is -2.25. The summed E-state index contributed by atoms with van der Waals surface area (Å²) >= 11 is 0. The van der Waals surface area contributed by atoms with Crippen molar-refractivity contribution in [3.05, 3.63) is 83.9 Å². The van der Waals surface area contributed by atoms with E-state index in [1.807, 2.05) is 6.07 Å². The fourth-order valence-electron chi connectivity index (χ4n) is 3.32. The van der Waals surface area contributed by atoms with Gasteiger partial charge in [0.2, 0.25) is 5.95 Å². The number of imidazole rings is 1. The van der Waals surface area contributed by atoms with Crippen molar-refractivity contribution in [1.82, 2.24) is 9.55 Å². The minimum atomic E-state index is -4.58. The maximum Gasteiger partial charge on any atom is 0.416 e. The lowest BCUT2D eigenvalue weighted by atomic mass is 9.97. The monoisotopic (exact) mass is 481 g/mol. The van der Waals surface area contributed by atoms with Crippen molar-refractivity contribution in [2.75, 3.05) is 5.32 Å². The Morgan fingerprint density at radius 1 is 0.914 bits per heavy atom. The Morgan fingerprint density at radius 3 is 2.29 bits per heavy atom. The van der Waals surface area contributed by atoms with Crippen LogP contribution in [0.4, 0.5) is 19.1 Å². The molecule has 0 radical (unpaired) electrons. The van der Waals surface area contributed by atoms with Gasteiger partial charge in [0.15, 0.2) is 0 Å². The van der Waals surface area contributed by atoms with E-state index in [4.69, 9.17) is 4.74 Å². The van der Waals surface area contributed by atoms with Gasteiger partial charge in [-0.05, 0) is 63.2 Å². The number of hydrogen-bond donors (Lipinski definition) is 1. The zero-order chi connectivity index (χ0) is 25.4. The van der Waals surface area contributed by atoms with Crippen LogP contribution in [-0.2, 0) is 11.0 Å². The second-order valence-electron chi connectivity index (χ2n) is 8.93. The van der Waals surface area contributed by atoms with E-state index in [0.29, 0.717) is 16.7 Å². The molecule has 3 aromatic carbocycles. The molecule has 0 unspecified atom stereocenters. The van der Waals surface area contributed by atoms with E-state index in [-0.39, 0.29) is 17.3 Å². The van der Waals surface area contributed by atoms with Crippen LogP contribution in [0.1, 0.15) is 36.7 Å². The third kappa shape index (κ3) is 5.18. The molecule has 180 valence electrons. The fraction of sp³-hybridized carbons (Fsp3) is 0.192. The second-order valence-corrected chi connectivity index (χ2v) is 8.93. The first-order chi connectivity index (χ1) is 16.4. The van der Waals surface area contributed by atoms with Gasteiger partial charge in [0.1, 0.15) is 5.75 Å². The number of hydrogen-bond acceptors (Lipinski definition) is 4. The minimum Gasteiger partial charge on any atom is -0.426 e. The van der Waals surface area contributed by atoms with Crippen molar-refractivity contribution in [3.63, 3.8) is 0 Å². The molecule has 0 bridgehead atoms. The summed E-state index contributed by atoms with van der Waals surface area (Å²) in [6, 6.07) is 18.1. The van der Waals surface area contributed by atoms with Crippen LogP contribution in [-0.4, -0.2) is 21.4 Å². The molecule has 0 spiro atoms. The lowest BCUT2D eigenvalue weighted by molar-refractivity contribution is -0.143. The number of fused-ring (bicyclic) bond motifs is 1. The summed E-state index contributed by atoms with van der Waals surface area (Å²) in [5.41, 5.74) is -0.0896. The number of carbonyl (C=O) groups excluding carboxylic acids is 2. The highest BCUT2D eigenvalue weighted by Crippen LogP contribution is 2.31. The molecule has 0 fully saturated rings. The quantitative estimate of drug-likeness (QED) is 0.276. The first-order valence-electron chi connectivity index (χ1n) is 10.7. The molecule has 9 heteroatoms. The topological polar surface area (TPSA) is 73.2 Å². The first kappa shape index (κ1) is 24.0. The summed E-state index contributed by atoms with van der Waals surface area (Å²) in [6.45, 7) is 5.21. The van der Waals surface area contributed by atoms with Crippen LogP contribution in [0.3, 0.4) is 0 Å². The number of aromatic nitrogens is 2. The molecule has 0 saturated heterocycles. The largest absolute Gasteiger partial charge is 0.426 e. The van der Waals surface area contributed by atoms with E-state index in [2.05, 4.69) is 10.3 Å². The average molecular weight is 481 g/mol. The molecule has 0 aliphatic carbocycles. The first-order valence-corrected chi connectivity index (χ1v) is 10.7. The zero-order valence-electron chi connectivity index (χ0n) is 19.2. The van der Waals surface area contributed by atoms with E-state index in [9.17, 15) is 22.8 Å². The van der Waals surface area contributed by atoms with Gasteiger partial charge in [0.05, 0.1) is 22.0 Å². The van der Waals surface area contributed by atoms with E-state index < -0.39 is 29.0 Å². The van der Waals surface area contributed by atoms with Gasteiger partial charge in [-0.25, -0.2) is 4.98 Å². The van der Waals surface area contributed by atoms with Gasteiger partial charge >= 0.3 is 12.1 Å². The van der Waals surface area contributed by atoms with Crippen LogP contribution < -0.4 is 10.1 Å². The number of carbonyl (C=O) groups is 2. The van der Waals surface area contributed by atoms with Crippen LogP contribution in [0.5, 0.6) is 5.75 Å². The Bertz CT molecular complexity index is 1400. The van der Waals surface area contributed by atoms with Crippen molar-refractivity contribution in [2.45, 2.75) is 26.9 Å². The Morgan fingerprint density at radius 2 is 1.63 bits per heavy atom. The predicted molar refractivity (Wildman–Crippen MR) is 126 cm³/mol. The Balaban J connectivity index is 1.75. The SMILES string of the molecule is CC(C)(C)C(=O)Oc1ccc2c(c1)nc(NC(=O)c1cccc(C(F)(F)F)c1)n2-c1ccccc1. The normalized spacial score (nSPS) is 11.9. The second kappa shape index (κ2) is 8.90. The van der Waals surface area contributed by atoms with Crippen molar-refractivity contribution in [3.8, 4) is 11.4 Å². The number of alkyl halides is 3. The number of nitrogens with zero attached hydrogens (tertiary/aromatic N) is 2. The highest BCUT2D eigenvalue weighted by molar-refractivity contribution is 6.04. The number of anilines is 1. The summed E-state index contributed by atoms with van der Waals surface area (Å²) in [5.74, 6) is -0.779. The summed E-state index contributed by atoms with van der Waals surface area (Å²) in [7, 11) is 0. The molecular weight excluding hydrogens is 459 g/mol. The van der Waals surface area contributed by atoms with Gasteiger partial charge in [-0.15, -0.1) is 0 Å². The highest BCUT2D eigenvalue weighted by atomic mass is 19.4. The van der Waals surface area contributed by atoms with Crippen molar-refractivity contribution in [2.24, 2.45) is 5.41 Å². The number of benzene rings is 3. The van der Waals surface area contributed by atoms with Gasteiger partial charge < -0.3 is 4.74 Å². The Labute approximate surface area is 199 Å². The summed E-state index contributed by atoms with van der Waals surface area (Å²) in [4.78, 5) is 29.6. The van der Waals surface area contributed by atoms with Crippen LogP contribution >= 0.6 is 0 Å². The third-order valence-corrected chi connectivity index (χ3v) is 5.14. The summed E-state index contributed by atoms with van der Waals surface area (Å²) in [6.07, 6.45) is -4.58. The number of esters is 1. The third-order valence-electron chi connectivity index (χ3n) is 5.14. The maximum atomic E-state index is 13.1. The van der Waals surface area contributed by atoms with E-state index >= 15 is 0 Å². The Kier molecular flexibility index (Phi) is 6.10. The molecule has 1 amide bonds. The van der Waals surface area contributed by atoms with E-state index in [1.54, 1.807) is 67.8 Å². The molecule has 0 atom stereocenters. The number of para-hydroxylation sites is 1. The number of nitrogens with one attached hydrogen (secondary N) is 1. The van der Waals surface area contributed by atoms with Crippen LogP contribution in [0, 0.1) is 5.41 Å². The fourth-order valence-corrected chi connectivity index (χ4v) is 3.32. The number of halogens is 3. The molecule has 0 aliphatic rings. The molecular formula is C26H22F3N3O3. The van der Waals surface area contributed by atoms with E-state index in [1.165, 1.54) is 12.1 Å². The Hall–Kier alpha value is -4.14. The average Bonchev–Trinajstić information content (AvgIpc) is 3.15. The maximum absolute atomic E-state index is 13.1. The lowest BCUT2D eigenvalue weighted by Gasteiger charge is -2.16. The van der Waals surface area contributed by atoms with Crippen molar-refractivity contribution >= 4 is 28.9 Å². The van der Waals surface area contributed by atoms with Gasteiger partial charge in [-0.2, -0.15) is 13.2 Å². The van der Waals surface area contributed by atoms with Crippen molar-refractivity contribution < 1.29 is 27.5 Å². The minimum absolute atomic E-state index is 0.105.